The van der Waals surface area contributed by atoms with Crippen molar-refractivity contribution in [1.29, 1.82) is 0 Å². The van der Waals surface area contributed by atoms with Crippen LogP contribution in [-0.4, -0.2) is 47.9 Å². The average molecular weight is 309 g/mol. The zero-order chi connectivity index (χ0) is 15.5. The first-order valence-electron chi connectivity index (χ1n) is 7.64. The molecule has 0 saturated carbocycles. The van der Waals surface area contributed by atoms with Crippen LogP contribution in [0.25, 0.3) is 0 Å². The van der Waals surface area contributed by atoms with Crippen LogP contribution in [0.15, 0.2) is 17.5 Å². The summed E-state index contributed by atoms with van der Waals surface area (Å²) in [6.45, 7) is 10.8. The lowest BCUT2D eigenvalue weighted by Crippen LogP contribution is -2.50. The zero-order valence-electron chi connectivity index (χ0n) is 13.3. The van der Waals surface area contributed by atoms with Crippen molar-refractivity contribution in [2.75, 3.05) is 26.2 Å². The molecule has 118 valence electrons. The molecule has 2 rings (SSSR count). The fourth-order valence-corrected chi connectivity index (χ4v) is 3.15. The molecule has 0 radical (unpaired) electrons. The number of thiophene rings is 1. The summed E-state index contributed by atoms with van der Waals surface area (Å²) in [5.41, 5.74) is 6.10. The van der Waals surface area contributed by atoms with Crippen molar-refractivity contribution in [1.82, 2.24) is 9.80 Å². The highest BCUT2D eigenvalue weighted by atomic mass is 32.1. The lowest BCUT2D eigenvalue weighted by molar-refractivity contribution is -0.133. The third-order valence-corrected chi connectivity index (χ3v) is 5.05. The van der Waals surface area contributed by atoms with Crippen molar-refractivity contribution in [3.05, 3.63) is 22.4 Å². The predicted octanol–water partition coefficient (Wildman–Crippen LogP) is 2.16. The van der Waals surface area contributed by atoms with Crippen molar-refractivity contribution in [2.24, 2.45) is 11.1 Å². The van der Waals surface area contributed by atoms with E-state index in [2.05, 4.69) is 43.2 Å². The maximum atomic E-state index is 12.3. The summed E-state index contributed by atoms with van der Waals surface area (Å²) in [5, 5.41) is 2.11. The Balaban J connectivity index is 1.77. The third kappa shape index (κ3) is 4.80. The maximum absolute atomic E-state index is 12.3. The predicted molar refractivity (Wildman–Crippen MR) is 88.2 cm³/mol. The molecule has 1 amide bonds. The highest BCUT2D eigenvalue weighted by Crippen LogP contribution is 2.21. The molecule has 1 fully saturated rings. The minimum Gasteiger partial charge on any atom is -0.340 e. The molecule has 0 spiro atoms. The van der Waals surface area contributed by atoms with Gasteiger partial charge in [0.25, 0.3) is 0 Å². The topological polar surface area (TPSA) is 49.6 Å². The zero-order valence-corrected chi connectivity index (χ0v) is 14.2. The Kier molecular flexibility index (Phi) is 5.41. The van der Waals surface area contributed by atoms with Crippen LogP contribution >= 0.6 is 11.3 Å². The summed E-state index contributed by atoms with van der Waals surface area (Å²) in [6.07, 6.45) is 0.453. The molecule has 0 bridgehead atoms. The Hall–Kier alpha value is -0.910. The second kappa shape index (κ2) is 6.90. The maximum Gasteiger partial charge on any atom is 0.224 e. The molecule has 2 N–H and O–H groups in total. The number of nitrogens with two attached hydrogens (primary N) is 1. The van der Waals surface area contributed by atoms with Crippen LogP contribution in [0.4, 0.5) is 0 Å². The Labute approximate surface area is 131 Å². The molecule has 0 aromatic carbocycles. The lowest BCUT2D eigenvalue weighted by Gasteiger charge is -2.36. The SMILES string of the molecule is CC(C)(C)C(N)CC(=O)N1CCN(Cc2cccs2)CC1. The van der Waals surface area contributed by atoms with Crippen molar-refractivity contribution in [2.45, 2.75) is 39.8 Å². The lowest BCUT2D eigenvalue weighted by atomic mass is 9.85. The quantitative estimate of drug-likeness (QED) is 0.927. The fraction of sp³-hybridized carbons (Fsp3) is 0.688. The minimum absolute atomic E-state index is 0.0172. The molecule has 1 atom stereocenters. The molecule has 1 aromatic heterocycles. The summed E-state index contributed by atoms with van der Waals surface area (Å²) in [6, 6.07) is 4.19. The van der Waals surface area contributed by atoms with Crippen LogP contribution in [-0.2, 0) is 11.3 Å². The number of nitrogens with zero attached hydrogens (tertiary/aromatic N) is 2. The van der Waals surface area contributed by atoms with Gasteiger partial charge in [-0.05, 0) is 16.9 Å². The summed E-state index contributed by atoms with van der Waals surface area (Å²) in [5.74, 6) is 0.202. The fourth-order valence-electron chi connectivity index (χ4n) is 2.40. The number of hydrogen-bond donors (Lipinski definition) is 1. The van der Waals surface area contributed by atoms with Crippen molar-refractivity contribution < 1.29 is 4.79 Å². The van der Waals surface area contributed by atoms with E-state index < -0.39 is 0 Å². The van der Waals surface area contributed by atoms with Crippen LogP contribution in [0.2, 0.25) is 0 Å². The van der Waals surface area contributed by atoms with Crippen molar-refractivity contribution >= 4 is 17.2 Å². The molecule has 4 nitrogen and oxygen atoms in total. The largest absolute Gasteiger partial charge is 0.340 e. The van der Waals surface area contributed by atoms with Crippen LogP contribution in [0.1, 0.15) is 32.1 Å². The third-order valence-electron chi connectivity index (χ3n) is 4.19. The van der Waals surface area contributed by atoms with Crippen LogP contribution in [0, 0.1) is 5.41 Å². The van der Waals surface area contributed by atoms with Gasteiger partial charge in [0.1, 0.15) is 0 Å². The number of rotatable bonds is 4. The smallest absolute Gasteiger partial charge is 0.224 e. The van der Waals surface area contributed by atoms with E-state index in [0.717, 1.165) is 32.7 Å². The van der Waals surface area contributed by atoms with Gasteiger partial charge in [-0.3, -0.25) is 9.69 Å². The van der Waals surface area contributed by atoms with Gasteiger partial charge in [0, 0.05) is 50.1 Å². The molecule has 21 heavy (non-hydrogen) atoms. The summed E-state index contributed by atoms with van der Waals surface area (Å²) < 4.78 is 0. The number of carbonyl (C=O) groups is 1. The Morgan fingerprint density at radius 3 is 2.52 bits per heavy atom. The van der Waals surface area contributed by atoms with Gasteiger partial charge in [-0.15, -0.1) is 11.3 Å². The van der Waals surface area contributed by atoms with Gasteiger partial charge in [0.15, 0.2) is 0 Å². The van der Waals surface area contributed by atoms with E-state index >= 15 is 0 Å². The number of piperazine rings is 1. The second-order valence-electron chi connectivity index (χ2n) is 6.91. The second-order valence-corrected chi connectivity index (χ2v) is 7.95. The van der Waals surface area contributed by atoms with Crippen LogP contribution in [0.5, 0.6) is 0 Å². The molecule has 5 heteroatoms. The van der Waals surface area contributed by atoms with E-state index in [1.54, 1.807) is 11.3 Å². The molecular formula is C16H27N3OS. The van der Waals surface area contributed by atoms with Gasteiger partial charge in [0.2, 0.25) is 5.91 Å². The summed E-state index contributed by atoms with van der Waals surface area (Å²) in [7, 11) is 0. The molecule has 0 aliphatic carbocycles. The van der Waals surface area contributed by atoms with E-state index in [1.165, 1.54) is 4.88 Å². The molecule has 1 unspecified atom stereocenters. The van der Waals surface area contributed by atoms with Gasteiger partial charge in [-0.2, -0.15) is 0 Å². The number of amides is 1. The van der Waals surface area contributed by atoms with Crippen molar-refractivity contribution in [3.63, 3.8) is 0 Å². The Morgan fingerprint density at radius 2 is 2.00 bits per heavy atom. The van der Waals surface area contributed by atoms with Gasteiger partial charge >= 0.3 is 0 Å². The first kappa shape index (κ1) is 16.5. The molecule has 1 aliphatic heterocycles. The molecule has 1 aromatic rings. The van der Waals surface area contributed by atoms with Crippen LogP contribution in [0.3, 0.4) is 0 Å². The van der Waals surface area contributed by atoms with Crippen molar-refractivity contribution in [3.8, 4) is 0 Å². The normalized spacial score (nSPS) is 18.8. The van der Waals surface area contributed by atoms with Gasteiger partial charge < -0.3 is 10.6 Å². The monoisotopic (exact) mass is 309 g/mol. The van der Waals surface area contributed by atoms with E-state index in [9.17, 15) is 4.79 Å². The Bertz CT molecular complexity index is 445. The van der Waals surface area contributed by atoms with Gasteiger partial charge in [-0.1, -0.05) is 26.8 Å². The minimum atomic E-state index is -0.0749. The Morgan fingerprint density at radius 1 is 1.33 bits per heavy atom. The standard InChI is InChI=1S/C16H27N3OS/c1-16(2,3)14(17)11-15(20)19-8-6-18(7-9-19)12-13-5-4-10-21-13/h4-5,10,14H,6-9,11-12,17H2,1-3H3. The highest BCUT2D eigenvalue weighted by molar-refractivity contribution is 7.09. The average Bonchev–Trinajstić information content (AvgIpc) is 2.91. The first-order valence-corrected chi connectivity index (χ1v) is 8.52. The summed E-state index contributed by atoms with van der Waals surface area (Å²) >= 11 is 1.80. The number of hydrogen-bond acceptors (Lipinski definition) is 4. The van der Waals surface area contributed by atoms with E-state index in [-0.39, 0.29) is 17.4 Å². The highest BCUT2D eigenvalue weighted by Gasteiger charge is 2.27. The molecule has 2 heterocycles. The number of carbonyl (C=O) groups excluding carboxylic acids is 1. The van der Waals surface area contributed by atoms with E-state index in [4.69, 9.17) is 5.73 Å². The first-order chi connectivity index (χ1) is 9.86. The molecule has 1 aliphatic rings. The van der Waals surface area contributed by atoms with Gasteiger partial charge in [0.05, 0.1) is 0 Å². The molecular weight excluding hydrogens is 282 g/mol. The van der Waals surface area contributed by atoms with E-state index in [1.807, 2.05) is 4.90 Å². The molecule has 1 saturated heterocycles. The summed E-state index contributed by atoms with van der Waals surface area (Å²) in [4.78, 5) is 18.1. The van der Waals surface area contributed by atoms with Crippen LogP contribution < -0.4 is 5.73 Å². The van der Waals surface area contributed by atoms with Gasteiger partial charge in [-0.25, -0.2) is 0 Å². The van der Waals surface area contributed by atoms with E-state index in [0.29, 0.717) is 6.42 Å².